The molecule has 174 valence electrons. The van der Waals surface area contributed by atoms with E-state index in [-0.39, 0.29) is 6.42 Å². The molecule has 0 aliphatic carbocycles. The maximum Gasteiger partial charge on any atom is 0.304 e. The van der Waals surface area contributed by atoms with Gasteiger partial charge in [0.25, 0.3) is 0 Å². The molecule has 8 nitrogen and oxygen atoms in total. The van der Waals surface area contributed by atoms with Gasteiger partial charge in [-0.1, -0.05) is 48.5 Å². The fourth-order valence-electron chi connectivity index (χ4n) is 3.75. The molecule has 1 atom stereocenters. The number of tetrazole rings is 1. The lowest BCUT2D eigenvalue weighted by atomic mass is 9.95. The zero-order valence-corrected chi connectivity index (χ0v) is 19.1. The Balaban J connectivity index is 1.41. The summed E-state index contributed by atoms with van der Waals surface area (Å²) < 4.78 is 13.0. The Labute approximate surface area is 197 Å². The van der Waals surface area contributed by atoms with Gasteiger partial charge in [0.15, 0.2) is 5.82 Å². The summed E-state index contributed by atoms with van der Waals surface area (Å²) in [4.78, 5) is 11.4. The molecule has 0 spiro atoms. The molecule has 1 unspecified atom stereocenters. The molecule has 4 rings (SSSR count). The number of carboxylic acids is 1. The molecule has 0 amide bonds. The van der Waals surface area contributed by atoms with Crippen LogP contribution in [0.15, 0.2) is 72.8 Å². The van der Waals surface area contributed by atoms with Crippen LogP contribution in [0.1, 0.15) is 36.2 Å². The predicted molar refractivity (Wildman–Crippen MR) is 127 cm³/mol. The summed E-state index contributed by atoms with van der Waals surface area (Å²) in [6.07, 6.45) is -0.103. The van der Waals surface area contributed by atoms with Gasteiger partial charge in [-0.2, -0.15) is 0 Å². The molecule has 0 aliphatic heterocycles. The SMILES string of the molecule is CCOc1cccc(-c2ccc(COc3ccc(C(CC(=O)O)c4nnnn4C)cc3)cc2)c1. The number of aliphatic carboxylic acids is 1. The Morgan fingerprint density at radius 3 is 2.38 bits per heavy atom. The quantitative estimate of drug-likeness (QED) is 0.374. The number of ether oxygens (including phenoxy) is 2. The Bertz CT molecular complexity index is 1240. The smallest absolute Gasteiger partial charge is 0.304 e. The van der Waals surface area contributed by atoms with Crippen LogP contribution in [-0.4, -0.2) is 37.9 Å². The maximum atomic E-state index is 11.4. The molecule has 8 heteroatoms. The number of carboxylic acid groups (broad SMARTS) is 1. The van der Waals surface area contributed by atoms with Crippen LogP contribution in [0.2, 0.25) is 0 Å². The molecule has 34 heavy (non-hydrogen) atoms. The van der Waals surface area contributed by atoms with Gasteiger partial charge >= 0.3 is 5.97 Å². The van der Waals surface area contributed by atoms with E-state index in [1.807, 2.05) is 61.5 Å². The van der Waals surface area contributed by atoms with Crippen molar-refractivity contribution in [3.05, 3.63) is 89.7 Å². The number of carbonyl (C=O) groups is 1. The average molecular weight is 459 g/mol. The van der Waals surface area contributed by atoms with Crippen molar-refractivity contribution in [1.82, 2.24) is 20.2 Å². The van der Waals surface area contributed by atoms with Gasteiger partial charge in [-0.25, -0.2) is 4.68 Å². The third-order valence-corrected chi connectivity index (χ3v) is 5.46. The van der Waals surface area contributed by atoms with E-state index >= 15 is 0 Å². The van der Waals surface area contributed by atoms with Crippen molar-refractivity contribution >= 4 is 5.97 Å². The Kier molecular flexibility index (Phi) is 7.17. The van der Waals surface area contributed by atoms with Crippen molar-refractivity contribution in [2.24, 2.45) is 7.05 Å². The van der Waals surface area contributed by atoms with Gasteiger partial charge < -0.3 is 14.6 Å². The summed E-state index contributed by atoms with van der Waals surface area (Å²) in [5.74, 6) is 0.698. The zero-order valence-electron chi connectivity index (χ0n) is 19.1. The van der Waals surface area contributed by atoms with E-state index in [0.717, 1.165) is 28.0 Å². The number of hydrogen-bond acceptors (Lipinski definition) is 6. The van der Waals surface area contributed by atoms with Crippen LogP contribution < -0.4 is 9.47 Å². The van der Waals surface area contributed by atoms with Gasteiger partial charge in [0.1, 0.15) is 18.1 Å². The highest BCUT2D eigenvalue weighted by molar-refractivity contribution is 5.68. The first-order valence-electron chi connectivity index (χ1n) is 11.0. The molecule has 1 aromatic heterocycles. The molecule has 0 fully saturated rings. The lowest BCUT2D eigenvalue weighted by Gasteiger charge is -2.14. The first-order valence-corrected chi connectivity index (χ1v) is 11.0. The van der Waals surface area contributed by atoms with Crippen LogP contribution in [0.4, 0.5) is 0 Å². The predicted octanol–water partition coefficient (Wildman–Crippen LogP) is 4.46. The van der Waals surface area contributed by atoms with E-state index in [4.69, 9.17) is 9.47 Å². The number of aryl methyl sites for hydroxylation is 1. The van der Waals surface area contributed by atoms with Gasteiger partial charge in [0.05, 0.1) is 18.9 Å². The van der Waals surface area contributed by atoms with Crippen LogP contribution in [0, 0.1) is 0 Å². The zero-order chi connectivity index (χ0) is 23.9. The van der Waals surface area contributed by atoms with Crippen molar-refractivity contribution < 1.29 is 19.4 Å². The second-order valence-electron chi connectivity index (χ2n) is 7.83. The van der Waals surface area contributed by atoms with Crippen molar-refractivity contribution in [2.75, 3.05) is 6.61 Å². The summed E-state index contributed by atoms with van der Waals surface area (Å²) in [6, 6.07) is 23.6. The number of hydrogen-bond donors (Lipinski definition) is 1. The normalized spacial score (nSPS) is 11.7. The Morgan fingerprint density at radius 2 is 1.74 bits per heavy atom. The number of benzene rings is 3. The number of nitrogens with zero attached hydrogens (tertiary/aromatic N) is 4. The molecular formula is C26H26N4O4. The highest BCUT2D eigenvalue weighted by atomic mass is 16.5. The molecule has 1 N–H and O–H groups in total. The molecule has 0 saturated carbocycles. The van der Waals surface area contributed by atoms with Crippen LogP contribution in [0.25, 0.3) is 11.1 Å². The van der Waals surface area contributed by atoms with E-state index in [9.17, 15) is 9.90 Å². The summed E-state index contributed by atoms with van der Waals surface area (Å²) in [5, 5.41) is 20.8. The molecule has 0 bridgehead atoms. The molecular weight excluding hydrogens is 432 g/mol. The standard InChI is InChI=1S/C26H26N4O4/c1-3-33-23-6-4-5-21(15-23)19-9-7-18(8-10-19)17-34-22-13-11-20(12-14-22)24(16-25(31)32)26-27-28-29-30(26)2/h4-15,24H,3,16-17H2,1-2H3,(H,31,32). The first-order chi connectivity index (χ1) is 16.5. The lowest BCUT2D eigenvalue weighted by Crippen LogP contribution is -2.13. The molecule has 3 aromatic carbocycles. The second-order valence-corrected chi connectivity index (χ2v) is 7.83. The van der Waals surface area contributed by atoms with Gasteiger partial charge in [-0.3, -0.25) is 4.79 Å². The lowest BCUT2D eigenvalue weighted by molar-refractivity contribution is -0.137. The third kappa shape index (κ3) is 5.58. The number of rotatable bonds is 10. The second kappa shape index (κ2) is 10.6. The van der Waals surface area contributed by atoms with Crippen LogP contribution in [0.5, 0.6) is 11.5 Å². The van der Waals surface area contributed by atoms with E-state index in [1.54, 1.807) is 7.05 Å². The van der Waals surface area contributed by atoms with E-state index in [1.165, 1.54) is 4.68 Å². The van der Waals surface area contributed by atoms with Gasteiger partial charge in [-0.15, -0.1) is 5.10 Å². The van der Waals surface area contributed by atoms with E-state index in [0.29, 0.717) is 24.8 Å². The number of aromatic nitrogens is 4. The minimum absolute atomic E-state index is 0.103. The average Bonchev–Trinajstić information content (AvgIpc) is 3.28. The third-order valence-electron chi connectivity index (χ3n) is 5.46. The summed E-state index contributed by atoms with van der Waals surface area (Å²) >= 11 is 0. The highest BCUT2D eigenvalue weighted by Gasteiger charge is 2.23. The van der Waals surface area contributed by atoms with Gasteiger partial charge in [0, 0.05) is 7.05 Å². The van der Waals surface area contributed by atoms with Crippen molar-refractivity contribution in [2.45, 2.75) is 25.9 Å². The fraction of sp³-hybridized carbons (Fsp3) is 0.231. The summed E-state index contributed by atoms with van der Waals surface area (Å²) in [7, 11) is 1.70. The van der Waals surface area contributed by atoms with Gasteiger partial charge in [-0.05, 0) is 63.9 Å². The first kappa shape index (κ1) is 23.0. The minimum Gasteiger partial charge on any atom is -0.494 e. The molecule has 0 saturated heterocycles. The molecule has 0 aliphatic rings. The molecule has 0 radical (unpaired) electrons. The van der Waals surface area contributed by atoms with Crippen LogP contribution >= 0.6 is 0 Å². The summed E-state index contributed by atoms with van der Waals surface area (Å²) in [5.41, 5.74) is 4.06. The van der Waals surface area contributed by atoms with E-state index < -0.39 is 11.9 Å². The largest absolute Gasteiger partial charge is 0.494 e. The Morgan fingerprint density at radius 1 is 0.971 bits per heavy atom. The molecule has 4 aromatic rings. The van der Waals surface area contributed by atoms with Crippen LogP contribution in [0.3, 0.4) is 0 Å². The van der Waals surface area contributed by atoms with Crippen molar-refractivity contribution in [3.63, 3.8) is 0 Å². The fourth-order valence-corrected chi connectivity index (χ4v) is 3.75. The van der Waals surface area contributed by atoms with Crippen molar-refractivity contribution in [1.29, 1.82) is 0 Å². The van der Waals surface area contributed by atoms with Crippen LogP contribution in [-0.2, 0) is 18.4 Å². The Hall–Kier alpha value is -4.20. The van der Waals surface area contributed by atoms with Gasteiger partial charge in [0.2, 0.25) is 0 Å². The van der Waals surface area contributed by atoms with Crippen molar-refractivity contribution in [3.8, 4) is 22.6 Å². The maximum absolute atomic E-state index is 11.4. The van der Waals surface area contributed by atoms with E-state index in [2.05, 4.69) is 33.7 Å². The monoisotopic (exact) mass is 458 g/mol. The highest BCUT2D eigenvalue weighted by Crippen LogP contribution is 2.28. The summed E-state index contributed by atoms with van der Waals surface area (Å²) in [6.45, 7) is 3.03. The topological polar surface area (TPSA) is 99.4 Å². The molecule has 1 heterocycles. The minimum atomic E-state index is -0.915.